The van der Waals surface area contributed by atoms with Gasteiger partial charge in [0.2, 0.25) is 5.91 Å². The number of ether oxygens (including phenoxy) is 2. The molecule has 0 spiro atoms. The number of hydrogen-bond donors (Lipinski definition) is 2. The van der Waals surface area contributed by atoms with Gasteiger partial charge in [-0.3, -0.25) is 4.79 Å². The van der Waals surface area contributed by atoms with Crippen LogP contribution in [0.1, 0.15) is 30.0 Å². The Kier molecular flexibility index (Phi) is 5.43. The minimum Gasteiger partial charge on any atom is -0.381 e. The molecule has 1 unspecified atom stereocenters. The standard InChI is InChI=1S/C17H24N2O3/c20-17(12-22-14-6-9-21-10-7-14)19-11-16-15-4-2-1-3-13(15)5-8-18-16/h1-4,14,16,18H,5-12H2,(H,19,20). The lowest BCUT2D eigenvalue weighted by molar-refractivity contribution is -0.130. The third kappa shape index (κ3) is 4.06. The van der Waals surface area contributed by atoms with Gasteiger partial charge in [-0.25, -0.2) is 0 Å². The molecule has 1 aromatic carbocycles. The molecule has 120 valence electrons. The Hall–Kier alpha value is -1.43. The van der Waals surface area contributed by atoms with Crippen LogP contribution in [0.2, 0.25) is 0 Å². The predicted octanol–water partition coefficient (Wildman–Crippen LogP) is 1.19. The van der Waals surface area contributed by atoms with Crippen molar-refractivity contribution in [1.29, 1.82) is 0 Å². The van der Waals surface area contributed by atoms with E-state index < -0.39 is 0 Å². The van der Waals surface area contributed by atoms with Crippen molar-refractivity contribution in [2.45, 2.75) is 31.4 Å². The molecular weight excluding hydrogens is 280 g/mol. The molecule has 1 amide bonds. The lowest BCUT2D eigenvalue weighted by atomic mass is 9.94. The highest BCUT2D eigenvalue weighted by Crippen LogP contribution is 2.21. The van der Waals surface area contributed by atoms with Crippen LogP contribution in [-0.4, -0.2) is 44.9 Å². The maximum absolute atomic E-state index is 11.9. The fraction of sp³-hybridized carbons (Fsp3) is 0.588. The summed E-state index contributed by atoms with van der Waals surface area (Å²) in [6, 6.07) is 8.61. The van der Waals surface area contributed by atoms with Crippen molar-refractivity contribution in [3.8, 4) is 0 Å². The molecule has 0 aromatic heterocycles. The van der Waals surface area contributed by atoms with Crippen molar-refractivity contribution in [3.63, 3.8) is 0 Å². The summed E-state index contributed by atoms with van der Waals surface area (Å²) < 4.78 is 10.9. The Balaban J connectivity index is 1.43. The van der Waals surface area contributed by atoms with Gasteiger partial charge in [0.25, 0.3) is 0 Å². The third-order valence-electron chi connectivity index (χ3n) is 4.34. The fourth-order valence-electron chi connectivity index (χ4n) is 3.08. The molecule has 2 heterocycles. The number of amides is 1. The third-order valence-corrected chi connectivity index (χ3v) is 4.34. The number of carbonyl (C=O) groups excluding carboxylic acids is 1. The van der Waals surface area contributed by atoms with E-state index in [1.54, 1.807) is 0 Å². The van der Waals surface area contributed by atoms with Gasteiger partial charge in [0.15, 0.2) is 0 Å². The van der Waals surface area contributed by atoms with Gasteiger partial charge >= 0.3 is 0 Å². The SMILES string of the molecule is O=C(COC1CCOCC1)NCC1NCCc2ccccc21. The van der Waals surface area contributed by atoms with Crippen LogP contribution in [0.15, 0.2) is 24.3 Å². The lowest BCUT2D eigenvalue weighted by Crippen LogP contribution is -2.40. The second kappa shape index (κ2) is 7.72. The smallest absolute Gasteiger partial charge is 0.246 e. The van der Waals surface area contributed by atoms with E-state index in [1.165, 1.54) is 11.1 Å². The topological polar surface area (TPSA) is 59.6 Å². The second-order valence-corrected chi connectivity index (χ2v) is 5.88. The van der Waals surface area contributed by atoms with Gasteiger partial charge in [-0.1, -0.05) is 24.3 Å². The van der Waals surface area contributed by atoms with Crippen LogP contribution in [0, 0.1) is 0 Å². The number of benzene rings is 1. The Bertz CT molecular complexity index is 500. The first-order chi connectivity index (χ1) is 10.8. The van der Waals surface area contributed by atoms with Crippen LogP contribution in [0.5, 0.6) is 0 Å². The number of fused-ring (bicyclic) bond motifs is 1. The van der Waals surface area contributed by atoms with Crippen molar-refractivity contribution < 1.29 is 14.3 Å². The van der Waals surface area contributed by atoms with E-state index in [0.717, 1.165) is 39.0 Å². The van der Waals surface area contributed by atoms with Gasteiger partial charge in [0, 0.05) is 25.8 Å². The number of carbonyl (C=O) groups is 1. The molecule has 1 fully saturated rings. The predicted molar refractivity (Wildman–Crippen MR) is 83.7 cm³/mol. The first kappa shape index (κ1) is 15.5. The summed E-state index contributed by atoms with van der Waals surface area (Å²) >= 11 is 0. The van der Waals surface area contributed by atoms with Gasteiger partial charge in [-0.15, -0.1) is 0 Å². The highest BCUT2D eigenvalue weighted by molar-refractivity contribution is 5.77. The van der Waals surface area contributed by atoms with Crippen molar-refractivity contribution in [2.75, 3.05) is 32.9 Å². The summed E-state index contributed by atoms with van der Waals surface area (Å²) in [6.07, 6.45) is 2.97. The summed E-state index contributed by atoms with van der Waals surface area (Å²) in [7, 11) is 0. The number of nitrogens with one attached hydrogen (secondary N) is 2. The molecule has 5 nitrogen and oxygen atoms in total. The summed E-state index contributed by atoms with van der Waals surface area (Å²) in [6.45, 7) is 3.16. The first-order valence-corrected chi connectivity index (χ1v) is 8.10. The quantitative estimate of drug-likeness (QED) is 0.858. The Labute approximate surface area is 131 Å². The molecule has 0 aliphatic carbocycles. The number of hydrogen-bond acceptors (Lipinski definition) is 4. The largest absolute Gasteiger partial charge is 0.381 e. The molecule has 3 rings (SSSR count). The molecular formula is C17H24N2O3. The Morgan fingerprint density at radius 1 is 1.32 bits per heavy atom. The summed E-state index contributed by atoms with van der Waals surface area (Å²) in [4.78, 5) is 11.9. The van der Waals surface area contributed by atoms with Gasteiger partial charge in [0.1, 0.15) is 6.61 Å². The molecule has 2 N–H and O–H groups in total. The Morgan fingerprint density at radius 2 is 2.14 bits per heavy atom. The number of rotatable bonds is 5. The van der Waals surface area contributed by atoms with Crippen molar-refractivity contribution in [3.05, 3.63) is 35.4 Å². The average molecular weight is 304 g/mol. The minimum atomic E-state index is -0.0450. The zero-order valence-electron chi connectivity index (χ0n) is 12.8. The summed E-state index contributed by atoms with van der Waals surface area (Å²) in [5.41, 5.74) is 2.67. The fourth-order valence-corrected chi connectivity index (χ4v) is 3.08. The van der Waals surface area contributed by atoms with E-state index in [1.807, 2.05) is 0 Å². The van der Waals surface area contributed by atoms with Crippen molar-refractivity contribution >= 4 is 5.91 Å². The monoisotopic (exact) mass is 304 g/mol. The van der Waals surface area contributed by atoms with Crippen molar-refractivity contribution in [1.82, 2.24) is 10.6 Å². The molecule has 2 aliphatic rings. The van der Waals surface area contributed by atoms with Crippen LogP contribution >= 0.6 is 0 Å². The van der Waals surface area contributed by atoms with Crippen LogP contribution in [0.25, 0.3) is 0 Å². The summed E-state index contributed by atoms with van der Waals surface area (Å²) in [5, 5.41) is 6.44. The summed E-state index contributed by atoms with van der Waals surface area (Å²) in [5.74, 6) is -0.0450. The van der Waals surface area contributed by atoms with Crippen LogP contribution in [-0.2, 0) is 20.7 Å². The van der Waals surface area contributed by atoms with E-state index in [-0.39, 0.29) is 24.7 Å². The van der Waals surface area contributed by atoms with Gasteiger partial charge in [-0.05, 0) is 36.9 Å². The van der Waals surface area contributed by atoms with E-state index in [0.29, 0.717) is 6.54 Å². The zero-order valence-corrected chi connectivity index (χ0v) is 12.8. The highest BCUT2D eigenvalue weighted by atomic mass is 16.5. The van der Waals surface area contributed by atoms with Crippen molar-refractivity contribution in [2.24, 2.45) is 0 Å². The molecule has 0 radical (unpaired) electrons. The van der Waals surface area contributed by atoms with E-state index in [4.69, 9.17) is 9.47 Å². The van der Waals surface area contributed by atoms with Gasteiger partial charge < -0.3 is 20.1 Å². The molecule has 0 saturated carbocycles. The molecule has 0 bridgehead atoms. The molecule has 2 aliphatic heterocycles. The van der Waals surface area contributed by atoms with E-state index in [9.17, 15) is 4.79 Å². The highest BCUT2D eigenvalue weighted by Gasteiger charge is 2.20. The van der Waals surface area contributed by atoms with Crippen LogP contribution in [0.4, 0.5) is 0 Å². The van der Waals surface area contributed by atoms with Gasteiger partial charge in [0.05, 0.1) is 6.10 Å². The second-order valence-electron chi connectivity index (χ2n) is 5.88. The Morgan fingerprint density at radius 3 is 3.00 bits per heavy atom. The molecule has 22 heavy (non-hydrogen) atoms. The van der Waals surface area contributed by atoms with E-state index >= 15 is 0 Å². The normalized spacial score (nSPS) is 22.1. The zero-order chi connectivity index (χ0) is 15.2. The van der Waals surface area contributed by atoms with Crippen LogP contribution < -0.4 is 10.6 Å². The molecule has 5 heteroatoms. The molecule has 1 aromatic rings. The maximum Gasteiger partial charge on any atom is 0.246 e. The first-order valence-electron chi connectivity index (χ1n) is 8.10. The van der Waals surface area contributed by atoms with Gasteiger partial charge in [-0.2, -0.15) is 0 Å². The van der Waals surface area contributed by atoms with Crippen LogP contribution in [0.3, 0.4) is 0 Å². The minimum absolute atomic E-state index is 0.0450. The lowest BCUT2D eigenvalue weighted by Gasteiger charge is -2.27. The maximum atomic E-state index is 11.9. The molecule has 1 atom stereocenters. The van der Waals surface area contributed by atoms with E-state index in [2.05, 4.69) is 34.9 Å². The molecule has 1 saturated heterocycles. The average Bonchev–Trinajstić information content (AvgIpc) is 2.59.